The lowest BCUT2D eigenvalue weighted by molar-refractivity contribution is -0.151. The fourth-order valence-corrected chi connectivity index (χ4v) is 8.22. The highest BCUT2D eigenvalue weighted by molar-refractivity contribution is 6.37. The summed E-state index contributed by atoms with van der Waals surface area (Å²) in [4.78, 5) is 35.0. The fraction of sp³-hybridized carbons (Fsp3) is 0.271. The van der Waals surface area contributed by atoms with Crippen molar-refractivity contribution in [2.24, 2.45) is 9.98 Å². The topological polar surface area (TPSA) is 154 Å². The van der Waals surface area contributed by atoms with Crippen LogP contribution in [0, 0.1) is 5.82 Å². The van der Waals surface area contributed by atoms with E-state index in [1.54, 1.807) is 61.8 Å². The van der Waals surface area contributed by atoms with Crippen LogP contribution >= 0.6 is 23.2 Å². The normalized spacial score (nSPS) is 17.2. The number of para-hydroxylation sites is 1. The monoisotopic (exact) mass is 922 g/mol. The molecule has 1 saturated heterocycles. The van der Waals surface area contributed by atoms with E-state index < -0.39 is 24.0 Å². The molecule has 0 spiro atoms. The highest BCUT2D eigenvalue weighted by atomic mass is 35.5. The SMILES string of the molecule is C=NC=Nc1oc(-c2ccc(F)cc2)c2c1CO[C@@H](C(=O)O)Cc1cc(ccc1OCc1ccnc(-c3ccccc3OC)n1)OC[C@@H](CN1CCN(C)CC1)Oc1c(Cl)cc-2cc1Cl. The average Bonchev–Trinajstić information content (AvgIpc) is 3.68. The zero-order valence-electron chi connectivity index (χ0n) is 35.6. The number of ether oxygens (including phenoxy) is 5. The number of hydrogen-bond donors (Lipinski definition) is 1. The summed E-state index contributed by atoms with van der Waals surface area (Å²) in [5, 5.41) is 11.1. The summed E-state index contributed by atoms with van der Waals surface area (Å²) < 4.78 is 51.9. The maximum atomic E-state index is 14.2. The number of hydrogen-bond acceptors (Lipinski definition) is 12. The number of nitrogens with zero attached hydrogens (tertiary/aromatic N) is 6. The molecule has 4 aromatic carbocycles. The van der Waals surface area contributed by atoms with E-state index in [9.17, 15) is 14.3 Å². The third-order valence-electron chi connectivity index (χ3n) is 11.0. The van der Waals surface area contributed by atoms with Crippen LogP contribution in [0.25, 0.3) is 33.8 Å². The highest BCUT2D eigenvalue weighted by Gasteiger charge is 2.30. The number of aliphatic carboxylic acids is 1. The molecular weight excluding hydrogens is 878 g/mol. The van der Waals surface area contributed by atoms with Crippen molar-refractivity contribution in [2.75, 3.05) is 53.5 Å². The molecule has 9 rings (SSSR count). The fourth-order valence-electron chi connectivity index (χ4n) is 7.64. The first-order chi connectivity index (χ1) is 31.6. The Morgan fingerprint density at radius 3 is 2.51 bits per heavy atom. The molecule has 336 valence electrons. The number of aliphatic imine (C=N–C) groups is 2. The largest absolute Gasteiger partial charge is 0.496 e. The lowest BCUT2D eigenvalue weighted by Crippen LogP contribution is -2.49. The van der Waals surface area contributed by atoms with Gasteiger partial charge in [-0.1, -0.05) is 35.3 Å². The van der Waals surface area contributed by atoms with Gasteiger partial charge in [-0.2, -0.15) is 0 Å². The first kappa shape index (κ1) is 45.2. The van der Waals surface area contributed by atoms with Gasteiger partial charge in [0.1, 0.15) is 54.5 Å². The molecule has 2 aromatic heterocycles. The number of halogens is 3. The van der Waals surface area contributed by atoms with E-state index in [0.29, 0.717) is 68.7 Å². The van der Waals surface area contributed by atoms with Crippen LogP contribution in [0.3, 0.4) is 0 Å². The number of furan rings is 1. The van der Waals surface area contributed by atoms with Crippen LogP contribution in [0.15, 0.2) is 106 Å². The molecular formula is C48H45Cl2FN6O8. The smallest absolute Gasteiger partial charge is 0.333 e. The minimum Gasteiger partial charge on any atom is -0.496 e. The van der Waals surface area contributed by atoms with Crippen LogP contribution in [0.1, 0.15) is 16.8 Å². The average molecular weight is 924 g/mol. The van der Waals surface area contributed by atoms with Gasteiger partial charge in [0, 0.05) is 62.0 Å². The van der Waals surface area contributed by atoms with Gasteiger partial charge in [-0.25, -0.2) is 24.1 Å². The Kier molecular flexibility index (Phi) is 14.4. The zero-order valence-corrected chi connectivity index (χ0v) is 37.1. The molecule has 5 heterocycles. The van der Waals surface area contributed by atoms with Crippen molar-refractivity contribution >= 4 is 48.1 Å². The first-order valence-electron chi connectivity index (χ1n) is 20.7. The number of piperazine rings is 1. The molecule has 4 bridgehead atoms. The summed E-state index contributed by atoms with van der Waals surface area (Å²) in [7, 11) is 3.67. The van der Waals surface area contributed by atoms with E-state index >= 15 is 0 Å². The van der Waals surface area contributed by atoms with Crippen LogP contribution < -0.4 is 18.9 Å². The summed E-state index contributed by atoms with van der Waals surface area (Å²) in [5.74, 6) is 0.770. The van der Waals surface area contributed by atoms with Crippen LogP contribution in [0.2, 0.25) is 10.0 Å². The molecule has 0 aliphatic carbocycles. The second-order valence-corrected chi connectivity index (χ2v) is 16.2. The second-order valence-electron chi connectivity index (χ2n) is 15.4. The molecule has 17 heteroatoms. The molecule has 0 radical (unpaired) electrons. The Morgan fingerprint density at radius 2 is 1.77 bits per heavy atom. The molecule has 1 N–H and O–H groups in total. The number of methoxy groups -OCH3 is 1. The van der Waals surface area contributed by atoms with E-state index in [2.05, 4.69) is 38.5 Å². The van der Waals surface area contributed by atoms with Crippen molar-refractivity contribution in [2.45, 2.75) is 31.8 Å². The summed E-state index contributed by atoms with van der Waals surface area (Å²) >= 11 is 14.1. The van der Waals surface area contributed by atoms with Gasteiger partial charge < -0.3 is 38.1 Å². The maximum absolute atomic E-state index is 14.2. The van der Waals surface area contributed by atoms with E-state index in [4.69, 9.17) is 56.3 Å². The highest BCUT2D eigenvalue weighted by Crippen LogP contribution is 2.47. The molecule has 14 nitrogen and oxygen atoms in total. The third-order valence-corrected chi connectivity index (χ3v) is 11.6. The van der Waals surface area contributed by atoms with Crippen molar-refractivity contribution in [3.05, 3.63) is 124 Å². The standard InChI is InChI=1S/C48H45Cl2FN6O8/c1-52-28-54-47-37-27-63-42(48(58)59)23-30-20-34(12-13-40(30)62-25-33-14-15-53-46(55-33)36-6-4-5-7-41(36)60-3)61-26-35(24-57-18-16-56(2)17-19-57)64-45-38(49)21-31(22-39(45)50)43(37)44(65-47)29-8-10-32(51)11-9-29/h4-15,20-22,28,35,42H,1,16-19,23-27H2,2-3H3,(H,58,59)/t35-,42-/m1/s1. The molecule has 1 fully saturated rings. The molecule has 6 aromatic rings. The van der Waals surface area contributed by atoms with E-state index in [0.717, 1.165) is 26.2 Å². The van der Waals surface area contributed by atoms with Crippen LogP contribution in [-0.2, 0) is 29.2 Å². The number of carbonyl (C=O) groups is 1. The van der Waals surface area contributed by atoms with Crippen molar-refractivity contribution in [3.63, 3.8) is 0 Å². The molecule has 2 atom stereocenters. The quantitative estimate of drug-likeness (QED) is 0.0975. The third kappa shape index (κ3) is 10.8. The number of aromatic nitrogens is 2. The molecule has 65 heavy (non-hydrogen) atoms. The Balaban J connectivity index is 1.20. The number of carboxylic acids is 1. The van der Waals surface area contributed by atoms with Gasteiger partial charge in [0.05, 0.1) is 40.6 Å². The predicted molar refractivity (Wildman–Crippen MR) is 246 cm³/mol. The van der Waals surface area contributed by atoms with Crippen molar-refractivity contribution in [1.82, 2.24) is 19.8 Å². The Hall–Kier alpha value is -6.36. The lowest BCUT2D eigenvalue weighted by atomic mass is 9.97. The van der Waals surface area contributed by atoms with Gasteiger partial charge in [-0.15, -0.1) is 0 Å². The molecule has 0 amide bonds. The minimum absolute atomic E-state index is 0.0272. The van der Waals surface area contributed by atoms with Gasteiger partial charge in [-0.3, -0.25) is 9.89 Å². The molecule has 3 aliphatic heterocycles. The molecule has 0 saturated carbocycles. The predicted octanol–water partition coefficient (Wildman–Crippen LogP) is 9.06. The number of likely N-dealkylation sites (N-methyl/N-ethyl adjacent to an activating group) is 1. The van der Waals surface area contributed by atoms with Crippen LogP contribution in [0.4, 0.5) is 10.3 Å². The lowest BCUT2D eigenvalue weighted by Gasteiger charge is -2.34. The van der Waals surface area contributed by atoms with Crippen molar-refractivity contribution in [1.29, 1.82) is 0 Å². The van der Waals surface area contributed by atoms with Crippen molar-refractivity contribution in [3.8, 4) is 56.8 Å². The van der Waals surface area contributed by atoms with Gasteiger partial charge in [-0.05, 0) is 92.1 Å². The van der Waals surface area contributed by atoms with E-state index in [1.165, 1.54) is 18.5 Å². The second kappa shape index (κ2) is 20.6. The summed E-state index contributed by atoms with van der Waals surface area (Å²) in [6, 6.07) is 23.4. The number of benzene rings is 4. The Morgan fingerprint density at radius 1 is 1.00 bits per heavy atom. The van der Waals surface area contributed by atoms with Crippen LogP contribution in [-0.4, -0.2) is 110 Å². The molecule has 0 unspecified atom stereocenters. The summed E-state index contributed by atoms with van der Waals surface area (Å²) in [6.45, 7) is 7.20. The Labute approximate surface area is 384 Å². The number of rotatable bonds is 11. The van der Waals surface area contributed by atoms with Gasteiger partial charge in [0.2, 0.25) is 5.88 Å². The van der Waals surface area contributed by atoms with Crippen LogP contribution in [0.5, 0.6) is 23.0 Å². The van der Waals surface area contributed by atoms with E-state index in [1.807, 2.05) is 24.3 Å². The minimum atomic E-state index is -1.42. The molecule has 3 aliphatic rings. The van der Waals surface area contributed by atoms with Gasteiger partial charge in [0.25, 0.3) is 0 Å². The van der Waals surface area contributed by atoms with E-state index in [-0.39, 0.29) is 53.7 Å². The summed E-state index contributed by atoms with van der Waals surface area (Å²) in [5.41, 5.74) is 3.52. The maximum Gasteiger partial charge on any atom is 0.333 e. The first-order valence-corrected chi connectivity index (χ1v) is 21.5. The Bertz CT molecular complexity index is 2670. The van der Waals surface area contributed by atoms with Gasteiger partial charge >= 0.3 is 5.97 Å². The number of fused-ring (bicyclic) bond motifs is 8. The van der Waals surface area contributed by atoms with Crippen molar-refractivity contribution < 1.29 is 42.4 Å². The number of carboxylic acid groups (broad SMARTS) is 1. The zero-order chi connectivity index (χ0) is 45.5. The summed E-state index contributed by atoms with van der Waals surface area (Å²) in [6.07, 6.45) is 0.713. The van der Waals surface area contributed by atoms with Gasteiger partial charge in [0.15, 0.2) is 17.7 Å².